The molecule has 1 aliphatic rings. The summed E-state index contributed by atoms with van der Waals surface area (Å²) in [5, 5.41) is 3.72. The monoisotopic (exact) mass is 292 g/mol. The summed E-state index contributed by atoms with van der Waals surface area (Å²) >= 11 is 0. The van der Waals surface area contributed by atoms with Crippen molar-refractivity contribution in [2.75, 3.05) is 13.2 Å². The van der Waals surface area contributed by atoms with Crippen LogP contribution in [0.25, 0.3) is 0 Å². The lowest BCUT2D eigenvalue weighted by atomic mass is 10.2. The third-order valence-electron chi connectivity index (χ3n) is 2.96. The van der Waals surface area contributed by atoms with Gasteiger partial charge < -0.3 is 9.47 Å². The number of aromatic nitrogens is 2. The van der Waals surface area contributed by atoms with E-state index in [1.807, 2.05) is 0 Å². The second-order valence-corrected chi connectivity index (χ2v) is 4.41. The smallest absolute Gasteiger partial charge is 0.420 e. The summed E-state index contributed by atoms with van der Waals surface area (Å²) in [6.07, 6.45) is -2.12. The highest BCUT2D eigenvalue weighted by Gasteiger charge is 2.39. The molecule has 2 rings (SSSR count). The van der Waals surface area contributed by atoms with E-state index < -0.39 is 29.6 Å². The van der Waals surface area contributed by atoms with Crippen molar-refractivity contribution >= 4 is 5.97 Å². The van der Waals surface area contributed by atoms with Crippen LogP contribution in [0.1, 0.15) is 48.5 Å². The first-order valence-corrected chi connectivity index (χ1v) is 6.38. The molecule has 0 aromatic carbocycles. The summed E-state index contributed by atoms with van der Waals surface area (Å²) in [5.74, 6) is -1.07. The second kappa shape index (κ2) is 5.82. The van der Waals surface area contributed by atoms with Gasteiger partial charge in [-0.3, -0.25) is 0 Å². The summed E-state index contributed by atoms with van der Waals surface area (Å²) in [4.78, 5) is 11.6. The number of esters is 1. The van der Waals surface area contributed by atoms with E-state index in [4.69, 9.17) is 4.74 Å². The molecule has 1 atom stereocenters. The lowest BCUT2D eigenvalue weighted by molar-refractivity contribution is -0.138. The summed E-state index contributed by atoms with van der Waals surface area (Å²) in [7, 11) is 0. The highest BCUT2D eigenvalue weighted by atomic mass is 19.4. The van der Waals surface area contributed by atoms with Crippen LogP contribution in [-0.2, 0) is 15.7 Å². The number of rotatable bonds is 3. The van der Waals surface area contributed by atoms with Gasteiger partial charge in [-0.05, 0) is 26.2 Å². The van der Waals surface area contributed by atoms with Gasteiger partial charge in [0, 0.05) is 12.8 Å². The molecule has 0 radical (unpaired) electrons. The Morgan fingerprint density at radius 1 is 1.55 bits per heavy atom. The van der Waals surface area contributed by atoms with Crippen LogP contribution in [0.3, 0.4) is 0 Å². The minimum absolute atomic E-state index is 0.0110. The van der Waals surface area contributed by atoms with E-state index in [0.717, 1.165) is 23.7 Å². The van der Waals surface area contributed by atoms with Gasteiger partial charge in [0.05, 0.1) is 6.61 Å². The second-order valence-electron chi connectivity index (χ2n) is 4.41. The molecule has 0 bridgehead atoms. The molecule has 0 saturated carbocycles. The first kappa shape index (κ1) is 14.8. The maximum Gasteiger partial charge on any atom is 0.420 e. The zero-order valence-corrected chi connectivity index (χ0v) is 10.9. The predicted molar refractivity (Wildman–Crippen MR) is 62.0 cm³/mol. The van der Waals surface area contributed by atoms with Crippen LogP contribution >= 0.6 is 0 Å². The normalized spacial score (nSPS) is 19.9. The third kappa shape index (κ3) is 3.12. The van der Waals surface area contributed by atoms with Gasteiger partial charge in [-0.1, -0.05) is 0 Å². The summed E-state index contributed by atoms with van der Waals surface area (Å²) < 4.78 is 49.8. The fourth-order valence-electron chi connectivity index (χ4n) is 2.03. The minimum atomic E-state index is -4.66. The van der Waals surface area contributed by atoms with Crippen LogP contribution < -0.4 is 0 Å². The van der Waals surface area contributed by atoms with E-state index in [9.17, 15) is 18.0 Å². The topological polar surface area (TPSA) is 53.3 Å². The van der Waals surface area contributed by atoms with Crippen LogP contribution in [0.5, 0.6) is 0 Å². The Labute approximate surface area is 113 Å². The predicted octanol–water partition coefficient (Wildman–Crippen LogP) is 2.78. The molecule has 0 spiro atoms. The molecule has 8 heteroatoms. The zero-order valence-electron chi connectivity index (χ0n) is 10.9. The summed E-state index contributed by atoms with van der Waals surface area (Å²) in [6, 6.07) is 0. The molecule has 1 unspecified atom stereocenters. The highest BCUT2D eigenvalue weighted by Crippen LogP contribution is 2.33. The first-order chi connectivity index (χ1) is 9.43. The average molecular weight is 292 g/mol. The Morgan fingerprint density at radius 3 is 2.85 bits per heavy atom. The Morgan fingerprint density at radius 2 is 2.30 bits per heavy atom. The number of ether oxygens (including phenoxy) is 2. The first-order valence-electron chi connectivity index (χ1n) is 6.38. The molecule has 0 amide bonds. The average Bonchev–Trinajstić information content (AvgIpc) is 2.85. The molecule has 5 nitrogen and oxygen atoms in total. The summed E-state index contributed by atoms with van der Waals surface area (Å²) in [6.45, 7) is 1.98. The van der Waals surface area contributed by atoms with Gasteiger partial charge in [-0.25, -0.2) is 9.48 Å². The lowest BCUT2D eigenvalue weighted by Crippen LogP contribution is -2.19. The molecule has 1 aromatic rings. The van der Waals surface area contributed by atoms with Crippen molar-refractivity contribution in [2.24, 2.45) is 0 Å². The van der Waals surface area contributed by atoms with Crippen molar-refractivity contribution in [3.63, 3.8) is 0 Å². The number of hydrogen-bond acceptors (Lipinski definition) is 4. The minimum Gasteiger partial charge on any atom is -0.461 e. The molecular formula is C12H15F3N2O3. The Balaban J connectivity index is 2.33. The van der Waals surface area contributed by atoms with Crippen LogP contribution in [-0.4, -0.2) is 29.0 Å². The molecule has 1 fully saturated rings. The number of carbonyl (C=O) groups is 1. The van der Waals surface area contributed by atoms with E-state index in [-0.39, 0.29) is 6.61 Å². The number of nitrogens with zero attached hydrogens (tertiary/aromatic N) is 2. The highest BCUT2D eigenvalue weighted by molar-refractivity contribution is 5.89. The van der Waals surface area contributed by atoms with Crippen molar-refractivity contribution in [1.82, 2.24) is 9.78 Å². The molecular weight excluding hydrogens is 277 g/mol. The molecule has 1 aromatic heterocycles. The van der Waals surface area contributed by atoms with Gasteiger partial charge in [-0.2, -0.15) is 18.3 Å². The van der Waals surface area contributed by atoms with E-state index in [0.29, 0.717) is 13.0 Å². The molecule has 20 heavy (non-hydrogen) atoms. The van der Waals surface area contributed by atoms with E-state index >= 15 is 0 Å². The van der Waals surface area contributed by atoms with Gasteiger partial charge in [0.1, 0.15) is 11.8 Å². The fourth-order valence-corrected chi connectivity index (χ4v) is 2.03. The SMILES string of the molecule is CCOC(=O)c1nn(C2CCCCO2)cc1C(F)(F)F. The quantitative estimate of drug-likeness (QED) is 0.804. The lowest BCUT2D eigenvalue weighted by Gasteiger charge is -2.22. The van der Waals surface area contributed by atoms with E-state index in [1.165, 1.54) is 6.92 Å². The third-order valence-corrected chi connectivity index (χ3v) is 2.96. The number of carbonyl (C=O) groups excluding carboxylic acids is 1. The van der Waals surface area contributed by atoms with Crippen molar-refractivity contribution in [3.8, 4) is 0 Å². The summed E-state index contributed by atoms with van der Waals surface area (Å²) in [5.41, 5.74) is -1.81. The molecule has 2 heterocycles. The van der Waals surface area contributed by atoms with E-state index in [2.05, 4.69) is 9.84 Å². The standard InChI is InChI=1S/C12H15F3N2O3/c1-2-19-11(18)10-8(12(13,14)15)7-17(16-10)9-5-3-4-6-20-9/h7,9H,2-6H2,1H3. The van der Waals surface area contributed by atoms with Crippen LogP contribution in [0, 0.1) is 0 Å². The maximum atomic E-state index is 12.9. The molecule has 1 saturated heterocycles. The van der Waals surface area contributed by atoms with Crippen LogP contribution in [0.4, 0.5) is 13.2 Å². The molecule has 0 aliphatic carbocycles. The van der Waals surface area contributed by atoms with Crippen LogP contribution in [0.2, 0.25) is 0 Å². The fraction of sp³-hybridized carbons (Fsp3) is 0.667. The van der Waals surface area contributed by atoms with Crippen molar-refractivity contribution in [3.05, 3.63) is 17.5 Å². The Hall–Kier alpha value is -1.57. The van der Waals surface area contributed by atoms with E-state index in [1.54, 1.807) is 0 Å². The number of hydrogen-bond donors (Lipinski definition) is 0. The zero-order chi connectivity index (χ0) is 14.8. The van der Waals surface area contributed by atoms with Crippen molar-refractivity contribution in [1.29, 1.82) is 0 Å². The van der Waals surface area contributed by atoms with Crippen molar-refractivity contribution < 1.29 is 27.4 Å². The van der Waals surface area contributed by atoms with Gasteiger partial charge in [-0.15, -0.1) is 0 Å². The van der Waals surface area contributed by atoms with Gasteiger partial charge in [0.25, 0.3) is 0 Å². The van der Waals surface area contributed by atoms with Gasteiger partial charge >= 0.3 is 12.1 Å². The van der Waals surface area contributed by atoms with Crippen molar-refractivity contribution in [2.45, 2.75) is 38.6 Å². The molecule has 112 valence electrons. The Kier molecular flexibility index (Phi) is 4.32. The molecule has 0 N–H and O–H groups in total. The van der Waals surface area contributed by atoms with Crippen LogP contribution in [0.15, 0.2) is 6.20 Å². The molecule has 1 aliphatic heterocycles. The maximum absolute atomic E-state index is 12.9. The number of alkyl halides is 3. The Bertz CT molecular complexity index is 479. The largest absolute Gasteiger partial charge is 0.461 e. The van der Waals surface area contributed by atoms with Gasteiger partial charge in [0.2, 0.25) is 0 Å². The van der Waals surface area contributed by atoms with Gasteiger partial charge in [0.15, 0.2) is 5.69 Å². The number of halogens is 3.